The molecule has 0 atom stereocenters. The van der Waals surface area contributed by atoms with E-state index in [0.717, 1.165) is 33.1 Å². The number of fused-ring (bicyclic) bond motifs is 1. The van der Waals surface area contributed by atoms with Crippen LogP contribution in [0.3, 0.4) is 0 Å². The van der Waals surface area contributed by atoms with E-state index in [-0.39, 0.29) is 11.8 Å². The van der Waals surface area contributed by atoms with Crippen molar-refractivity contribution in [2.45, 2.75) is 33.4 Å². The van der Waals surface area contributed by atoms with Gasteiger partial charge in [-0.1, -0.05) is 6.07 Å². The molecule has 0 aromatic carbocycles. The minimum absolute atomic E-state index is 0.0475. The first-order valence-electron chi connectivity index (χ1n) is 9.02. The molecule has 1 aliphatic heterocycles. The monoisotopic (exact) mass is 412 g/mol. The Morgan fingerprint density at radius 2 is 2.18 bits per heavy atom. The second-order valence-corrected chi connectivity index (χ2v) is 8.53. The van der Waals surface area contributed by atoms with Gasteiger partial charge in [-0.15, -0.1) is 22.7 Å². The average Bonchev–Trinajstić information content (AvgIpc) is 3.37. The van der Waals surface area contributed by atoms with E-state index in [9.17, 15) is 9.59 Å². The maximum Gasteiger partial charge on any atom is 0.273 e. The molecule has 3 aromatic heterocycles. The number of nitrogens with zero attached hydrogens (tertiary/aromatic N) is 3. The van der Waals surface area contributed by atoms with Gasteiger partial charge in [0.15, 0.2) is 0 Å². The van der Waals surface area contributed by atoms with Crippen LogP contribution in [0.15, 0.2) is 29.1 Å². The van der Waals surface area contributed by atoms with Crippen LogP contribution in [0.2, 0.25) is 0 Å². The first-order valence-corrected chi connectivity index (χ1v) is 10.8. The molecule has 0 spiro atoms. The van der Waals surface area contributed by atoms with Crippen LogP contribution in [0.5, 0.6) is 0 Å². The zero-order valence-corrected chi connectivity index (χ0v) is 17.3. The number of rotatable bonds is 4. The Hall–Kier alpha value is -2.58. The van der Waals surface area contributed by atoms with E-state index in [1.165, 1.54) is 23.8 Å². The van der Waals surface area contributed by atoms with Crippen molar-refractivity contribution in [1.82, 2.24) is 20.2 Å². The summed E-state index contributed by atoms with van der Waals surface area (Å²) in [5.74, 6) is -0.108. The fourth-order valence-corrected chi connectivity index (χ4v) is 5.00. The maximum absolute atomic E-state index is 13.0. The number of nitrogens with one attached hydrogen (secondary N) is 1. The fourth-order valence-electron chi connectivity index (χ4n) is 3.39. The third kappa shape index (κ3) is 3.70. The van der Waals surface area contributed by atoms with Gasteiger partial charge in [0.1, 0.15) is 10.7 Å². The smallest absolute Gasteiger partial charge is 0.273 e. The number of hydrogen-bond acceptors (Lipinski definition) is 6. The van der Waals surface area contributed by atoms with Crippen molar-refractivity contribution in [2.24, 2.45) is 0 Å². The van der Waals surface area contributed by atoms with Crippen LogP contribution < -0.4 is 5.32 Å². The van der Waals surface area contributed by atoms with E-state index >= 15 is 0 Å². The van der Waals surface area contributed by atoms with E-state index < -0.39 is 0 Å². The highest BCUT2D eigenvalue weighted by Gasteiger charge is 2.26. The molecule has 6 nitrogen and oxygen atoms in total. The number of aryl methyl sites for hydroxylation is 1. The molecule has 1 N–H and O–H groups in total. The topological polar surface area (TPSA) is 75.2 Å². The van der Waals surface area contributed by atoms with Gasteiger partial charge in [-0.25, -0.2) is 4.98 Å². The normalized spacial score (nSPS) is 13.3. The highest BCUT2D eigenvalue weighted by atomic mass is 32.1. The lowest BCUT2D eigenvalue weighted by atomic mass is 9.94. The quantitative estimate of drug-likeness (QED) is 0.713. The number of carbonyl (C=O) groups is 2. The summed E-state index contributed by atoms with van der Waals surface area (Å²) in [6.45, 7) is 5.09. The van der Waals surface area contributed by atoms with Gasteiger partial charge in [-0.3, -0.25) is 14.6 Å². The Balaban J connectivity index is 1.53. The van der Waals surface area contributed by atoms with Gasteiger partial charge in [0.05, 0.1) is 4.88 Å². The lowest BCUT2D eigenvalue weighted by molar-refractivity contribution is -0.119. The zero-order valence-electron chi connectivity index (χ0n) is 15.7. The van der Waals surface area contributed by atoms with Crippen LogP contribution in [-0.2, 0) is 24.3 Å². The summed E-state index contributed by atoms with van der Waals surface area (Å²) in [6, 6.07) is 4.00. The first-order chi connectivity index (χ1) is 13.5. The predicted molar refractivity (Wildman–Crippen MR) is 110 cm³/mol. The molecule has 0 unspecified atom stereocenters. The van der Waals surface area contributed by atoms with Crippen LogP contribution >= 0.6 is 22.7 Å². The third-order valence-corrected chi connectivity index (χ3v) is 6.73. The molecule has 28 heavy (non-hydrogen) atoms. The molecule has 8 heteroatoms. The molecule has 4 rings (SSSR count). The van der Waals surface area contributed by atoms with Crippen molar-refractivity contribution in [3.05, 3.63) is 57.2 Å². The number of hydrogen-bond donors (Lipinski definition) is 1. The summed E-state index contributed by atoms with van der Waals surface area (Å²) in [5.41, 5.74) is 4.72. The first kappa shape index (κ1) is 18.8. The summed E-state index contributed by atoms with van der Waals surface area (Å²) >= 11 is 3.12. The molecule has 2 amide bonds. The van der Waals surface area contributed by atoms with Crippen molar-refractivity contribution in [3.63, 3.8) is 0 Å². The number of aromatic nitrogens is 2. The number of amides is 2. The lowest BCUT2D eigenvalue weighted by Gasteiger charge is -2.30. The lowest BCUT2D eigenvalue weighted by Crippen LogP contribution is -2.37. The summed E-state index contributed by atoms with van der Waals surface area (Å²) in [7, 11) is 0. The Bertz CT molecular complexity index is 1030. The summed E-state index contributed by atoms with van der Waals surface area (Å²) < 4.78 is 0. The summed E-state index contributed by atoms with van der Waals surface area (Å²) in [5, 5.41) is 7.58. The Morgan fingerprint density at radius 3 is 2.93 bits per heavy atom. The SMILES string of the molecule is CC(=O)NCc1c(C)ncc2c1CCN(C(=O)c1csc(-c3cccs3)n1)C2. The highest BCUT2D eigenvalue weighted by Crippen LogP contribution is 2.29. The molecule has 4 heterocycles. The van der Waals surface area contributed by atoms with Crippen molar-refractivity contribution in [3.8, 4) is 9.88 Å². The van der Waals surface area contributed by atoms with E-state index in [4.69, 9.17) is 0 Å². The van der Waals surface area contributed by atoms with Gasteiger partial charge in [0.2, 0.25) is 5.91 Å². The van der Waals surface area contributed by atoms with E-state index in [1.54, 1.807) is 11.3 Å². The average molecular weight is 413 g/mol. The number of thiophene rings is 1. The van der Waals surface area contributed by atoms with Crippen molar-refractivity contribution >= 4 is 34.5 Å². The molecule has 144 valence electrons. The molecule has 1 aliphatic rings. The van der Waals surface area contributed by atoms with Gasteiger partial charge in [0, 0.05) is 43.8 Å². The second-order valence-electron chi connectivity index (χ2n) is 6.73. The van der Waals surface area contributed by atoms with Crippen LogP contribution in [0.1, 0.15) is 39.8 Å². The molecule has 0 saturated carbocycles. The predicted octanol–water partition coefficient (Wildman–Crippen LogP) is 3.41. The Labute approximate surface area is 171 Å². The van der Waals surface area contributed by atoms with Crippen LogP contribution in [-0.4, -0.2) is 33.2 Å². The summed E-state index contributed by atoms with van der Waals surface area (Å²) in [4.78, 5) is 36.2. The van der Waals surface area contributed by atoms with Gasteiger partial charge in [-0.2, -0.15) is 0 Å². The van der Waals surface area contributed by atoms with Gasteiger partial charge >= 0.3 is 0 Å². The minimum Gasteiger partial charge on any atom is -0.352 e. The molecule has 0 bridgehead atoms. The van der Waals surface area contributed by atoms with Crippen LogP contribution in [0.25, 0.3) is 9.88 Å². The molecule has 0 aliphatic carbocycles. The minimum atomic E-state index is -0.0605. The van der Waals surface area contributed by atoms with Gasteiger partial charge < -0.3 is 10.2 Å². The maximum atomic E-state index is 13.0. The zero-order chi connectivity index (χ0) is 19.7. The van der Waals surface area contributed by atoms with E-state index in [0.29, 0.717) is 25.3 Å². The standard InChI is InChI=1S/C20H20N4O2S2/c1-12-16(9-22-13(2)25)15-5-6-24(10-14(15)8-21-12)20(26)17-11-28-19(23-17)18-4-3-7-27-18/h3-4,7-8,11H,5-6,9-10H2,1-2H3,(H,22,25). The van der Waals surface area contributed by atoms with Crippen molar-refractivity contribution < 1.29 is 9.59 Å². The third-order valence-electron chi connectivity index (χ3n) is 4.85. The fraction of sp³-hybridized carbons (Fsp3) is 0.300. The second kappa shape index (κ2) is 7.81. The Kier molecular flexibility index (Phi) is 5.23. The molecule has 0 fully saturated rings. The van der Waals surface area contributed by atoms with Gasteiger partial charge in [0.25, 0.3) is 5.91 Å². The summed E-state index contributed by atoms with van der Waals surface area (Å²) in [6.07, 6.45) is 2.60. The molecular formula is C20H20N4O2S2. The molecule has 3 aromatic rings. The van der Waals surface area contributed by atoms with Gasteiger partial charge in [-0.05, 0) is 41.5 Å². The molecular weight excluding hydrogens is 392 g/mol. The van der Waals surface area contributed by atoms with E-state index in [1.807, 2.05) is 40.9 Å². The van der Waals surface area contributed by atoms with Crippen molar-refractivity contribution in [1.29, 1.82) is 0 Å². The van der Waals surface area contributed by atoms with E-state index in [2.05, 4.69) is 15.3 Å². The van der Waals surface area contributed by atoms with Crippen LogP contribution in [0, 0.1) is 6.92 Å². The number of pyridine rings is 1. The van der Waals surface area contributed by atoms with Crippen molar-refractivity contribution in [2.75, 3.05) is 6.54 Å². The molecule has 0 radical (unpaired) electrons. The highest BCUT2D eigenvalue weighted by molar-refractivity contribution is 7.20. The Morgan fingerprint density at radius 1 is 1.32 bits per heavy atom. The number of carbonyl (C=O) groups excluding carboxylic acids is 2. The largest absolute Gasteiger partial charge is 0.352 e. The molecule has 0 saturated heterocycles. The number of thiazole rings is 1. The van der Waals surface area contributed by atoms with Crippen LogP contribution in [0.4, 0.5) is 0 Å².